The highest BCUT2D eigenvalue weighted by molar-refractivity contribution is 7.15. The molecule has 1 N–H and O–H groups in total. The van der Waals surface area contributed by atoms with E-state index in [1.54, 1.807) is 18.3 Å². The van der Waals surface area contributed by atoms with Gasteiger partial charge in [0.1, 0.15) is 6.61 Å². The van der Waals surface area contributed by atoms with Crippen molar-refractivity contribution in [3.8, 4) is 5.75 Å². The number of anilines is 1. The Bertz CT molecular complexity index is 632. The van der Waals surface area contributed by atoms with Crippen LogP contribution in [0.15, 0.2) is 24.4 Å². The van der Waals surface area contributed by atoms with Crippen LogP contribution in [0.1, 0.15) is 17.7 Å². The van der Waals surface area contributed by atoms with Crippen LogP contribution in [0.3, 0.4) is 0 Å². The lowest BCUT2D eigenvalue weighted by Gasteiger charge is -2.16. The first kappa shape index (κ1) is 15.5. The molecule has 1 atom stereocenters. The maximum Gasteiger partial charge on any atom is 0.183 e. The molecule has 1 saturated heterocycles. The zero-order valence-corrected chi connectivity index (χ0v) is 13.4. The van der Waals surface area contributed by atoms with Crippen LogP contribution in [0.2, 0.25) is 4.47 Å². The van der Waals surface area contributed by atoms with Crippen LogP contribution >= 0.6 is 22.9 Å². The molecule has 0 saturated carbocycles. The first-order valence-corrected chi connectivity index (χ1v) is 8.29. The minimum absolute atomic E-state index is 0.0489. The minimum Gasteiger partial charge on any atom is -0.486 e. The van der Waals surface area contributed by atoms with Crippen LogP contribution in [0.5, 0.6) is 5.75 Å². The van der Waals surface area contributed by atoms with Crippen molar-refractivity contribution in [2.45, 2.75) is 25.5 Å². The van der Waals surface area contributed by atoms with E-state index in [1.165, 1.54) is 17.4 Å². The summed E-state index contributed by atoms with van der Waals surface area (Å²) in [6, 6.07) is 4.83. The Balaban J connectivity index is 1.65. The van der Waals surface area contributed by atoms with Crippen molar-refractivity contribution in [1.82, 2.24) is 4.98 Å². The second-order valence-corrected chi connectivity index (χ2v) is 6.69. The van der Waals surface area contributed by atoms with E-state index >= 15 is 0 Å². The van der Waals surface area contributed by atoms with E-state index in [9.17, 15) is 4.39 Å². The Labute approximate surface area is 137 Å². The molecule has 2 heterocycles. The molecule has 1 fully saturated rings. The number of hydrogen-bond acceptors (Lipinski definition) is 5. The predicted octanol–water partition coefficient (Wildman–Crippen LogP) is 4.11. The molecule has 0 amide bonds. The molecule has 2 aromatic rings. The SMILES string of the molecule is Fc1cccc(NCc2cnc(Cl)s2)c1OCC1CCCO1. The van der Waals surface area contributed by atoms with Gasteiger partial charge in [0.05, 0.1) is 18.3 Å². The molecular formula is C15H16ClFN2O2S. The van der Waals surface area contributed by atoms with Gasteiger partial charge in [-0.1, -0.05) is 17.7 Å². The summed E-state index contributed by atoms with van der Waals surface area (Å²) in [4.78, 5) is 4.95. The van der Waals surface area contributed by atoms with Gasteiger partial charge in [-0.05, 0) is 25.0 Å². The summed E-state index contributed by atoms with van der Waals surface area (Å²) in [5.41, 5.74) is 0.613. The molecule has 7 heteroatoms. The fourth-order valence-electron chi connectivity index (χ4n) is 2.29. The number of halogens is 2. The summed E-state index contributed by atoms with van der Waals surface area (Å²) in [5, 5.41) is 3.17. The second-order valence-electron chi connectivity index (χ2n) is 5.00. The number of nitrogens with one attached hydrogen (secondary N) is 1. The molecule has 3 rings (SSSR count). The van der Waals surface area contributed by atoms with Gasteiger partial charge < -0.3 is 14.8 Å². The highest BCUT2D eigenvalue weighted by Crippen LogP contribution is 2.29. The maximum absolute atomic E-state index is 14.0. The molecule has 0 bridgehead atoms. The molecule has 1 unspecified atom stereocenters. The van der Waals surface area contributed by atoms with Crippen LogP contribution in [0.25, 0.3) is 0 Å². The van der Waals surface area contributed by atoms with Gasteiger partial charge in [0.25, 0.3) is 0 Å². The molecule has 1 aliphatic rings. The van der Waals surface area contributed by atoms with E-state index in [4.69, 9.17) is 21.1 Å². The Hall–Kier alpha value is -1.37. The van der Waals surface area contributed by atoms with E-state index in [1.807, 2.05) is 0 Å². The van der Waals surface area contributed by atoms with Crippen molar-refractivity contribution in [3.05, 3.63) is 39.6 Å². The normalized spacial score (nSPS) is 17.6. The van der Waals surface area contributed by atoms with E-state index < -0.39 is 0 Å². The molecule has 118 valence electrons. The van der Waals surface area contributed by atoms with E-state index in [0.717, 1.165) is 24.3 Å². The van der Waals surface area contributed by atoms with Gasteiger partial charge >= 0.3 is 0 Å². The van der Waals surface area contributed by atoms with Crippen molar-refractivity contribution in [1.29, 1.82) is 0 Å². The molecule has 4 nitrogen and oxygen atoms in total. The fourth-order valence-corrected chi connectivity index (χ4v) is 3.21. The lowest BCUT2D eigenvalue weighted by molar-refractivity contribution is 0.0668. The van der Waals surface area contributed by atoms with Crippen LogP contribution < -0.4 is 10.1 Å². The molecular weight excluding hydrogens is 327 g/mol. The van der Waals surface area contributed by atoms with Gasteiger partial charge in [-0.2, -0.15) is 0 Å². The Morgan fingerprint density at radius 3 is 3.14 bits per heavy atom. The van der Waals surface area contributed by atoms with Crippen molar-refractivity contribution in [2.24, 2.45) is 0 Å². The molecule has 1 aliphatic heterocycles. The minimum atomic E-state index is -0.384. The van der Waals surface area contributed by atoms with Gasteiger partial charge in [0.15, 0.2) is 16.0 Å². The first-order valence-electron chi connectivity index (χ1n) is 7.09. The monoisotopic (exact) mass is 342 g/mol. The van der Waals surface area contributed by atoms with Gasteiger partial charge in [-0.25, -0.2) is 9.37 Å². The van der Waals surface area contributed by atoms with Crippen LogP contribution in [0.4, 0.5) is 10.1 Å². The molecule has 1 aromatic heterocycles. The van der Waals surface area contributed by atoms with Gasteiger partial charge in [0, 0.05) is 17.7 Å². The van der Waals surface area contributed by atoms with E-state index in [2.05, 4.69) is 10.3 Å². The number of aromatic nitrogens is 1. The van der Waals surface area contributed by atoms with Crippen molar-refractivity contribution in [3.63, 3.8) is 0 Å². The summed E-state index contributed by atoms with van der Waals surface area (Å²) < 4.78 is 25.7. The van der Waals surface area contributed by atoms with Gasteiger partial charge in [-0.3, -0.25) is 0 Å². The number of hydrogen-bond donors (Lipinski definition) is 1. The Morgan fingerprint density at radius 2 is 2.41 bits per heavy atom. The Morgan fingerprint density at radius 1 is 1.50 bits per heavy atom. The summed E-state index contributed by atoms with van der Waals surface area (Å²) in [6.45, 7) is 1.63. The first-order chi connectivity index (χ1) is 10.7. The number of rotatable bonds is 6. The number of ether oxygens (including phenoxy) is 2. The van der Waals surface area contributed by atoms with Gasteiger partial charge in [-0.15, -0.1) is 11.3 Å². The molecule has 0 aliphatic carbocycles. The fraction of sp³-hybridized carbons (Fsp3) is 0.400. The lowest BCUT2D eigenvalue weighted by atomic mass is 10.2. The third kappa shape index (κ3) is 3.88. The van der Waals surface area contributed by atoms with Crippen molar-refractivity contribution < 1.29 is 13.9 Å². The molecule has 22 heavy (non-hydrogen) atoms. The van der Waals surface area contributed by atoms with Crippen LogP contribution in [-0.2, 0) is 11.3 Å². The smallest absolute Gasteiger partial charge is 0.183 e. The lowest BCUT2D eigenvalue weighted by Crippen LogP contribution is -2.17. The zero-order valence-electron chi connectivity index (χ0n) is 11.9. The summed E-state index contributed by atoms with van der Waals surface area (Å²) in [6.07, 6.45) is 3.73. The summed E-state index contributed by atoms with van der Waals surface area (Å²) in [5.74, 6) is -0.154. The van der Waals surface area contributed by atoms with Crippen LogP contribution in [-0.4, -0.2) is 24.3 Å². The number of para-hydroxylation sites is 1. The van der Waals surface area contributed by atoms with Crippen molar-refractivity contribution in [2.75, 3.05) is 18.5 Å². The average Bonchev–Trinajstić information content (AvgIpc) is 3.15. The number of benzene rings is 1. The topological polar surface area (TPSA) is 43.4 Å². The summed E-state index contributed by atoms with van der Waals surface area (Å²) >= 11 is 7.19. The zero-order chi connectivity index (χ0) is 15.4. The average molecular weight is 343 g/mol. The molecule has 1 aromatic carbocycles. The Kier molecular flexibility index (Phi) is 5.12. The standard InChI is InChI=1S/C15H16ClFN2O2S/c16-15-19-8-11(22-15)7-18-13-5-1-4-12(17)14(13)21-9-10-3-2-6-20-10/h1,4-5,8,10,18H,2-3,6-7,9H2. The maximum atomic E-state index is 14.0. The third-order valence-electron chi connectivity index (χ3n) is 3.38. The summed E-state index contributed by atoms with van der Waals surface area (Å²) in [7, 11) is 0. The third-order valence-corrected chi connectivity index (χ3v) is 4.50. The molecule has 0 radical (unpaired) electrons. The largest absolute Gasteiger partial charge is 0.486 e. The second kappa shape index (κ2) is 7.26. The van der Waals surface area contributed by atoms with E-state index in [-0.39, 0.29) is 17.7 Å². The quantitative estimate of drug-likeness (QED) is 0.858. The highest BCUT2D eigenvalue weighted by atomic mass is 35.5. The predicted molar refractivity (Wildman–Crippen MR) is 85.3 cm³/mol. The highest BCUT2D eigenvalue weighted by Gasteiger charge is 2.18. The number of thiazole rings is 1. The van der Waals surface area contributed by atoms with E-state index in [0.29, 0.717) is 23.3 Å². The van der Waals surface area contributed by atoms with Gasteiger partial charge in [0.2, 0.25) is 0 Å². The van der Waals surface area contributed by atoms with Crippen LogP contribution in [0, 0.1) is 5.82 Å². The van der Waals surface area contributed by atoms with Crippen molar-refractivity contribution >= 4 is 28.6 Å². The number of nitrogens with zero attached hydrogens (tertiary/aromatic N) is 1. The molecule has 0 spiro atoms.